The third-order valence-electron chi connectivity index (χ3n) is 12.4. The van der Waals surface area contributed by atoms with Gasteiger partial charge in [0.2, 0.25) is 28.3 Å². The quantitative estimate of drug-likeness (QED) is 0.391. The summed E-state index contributed by atoms with van der Waals surface area (Å²) in [5.74, 6) is -2.96. The third-order valence-corrected chi connectivity index (χ3v) is 14.2. The van der Waals surface area contributed by atoms with Crippen LogP contribution < -0.4 is 25.7 Å². The van der Waals surface area contributed by atoms with Gasteiger partial charge in [0.05, 0.1) is 28.6 Å². The van der Waals surface area contributed by atoms with Gasteiger partial charge in [-0.25, -0.2) is 22.0 Å². The van der Waals surface area contributed by atoms with Crippen LogP contribution in [0, 0.1) is 29.6 Å². The molecule has 1 aromatic heterocycles. The zero-order valence-electron chi connectivity index (χ0n) is 29.7. The predicted octanol–water partition coefficient (Wildman–Crippen LogP) is 2.06. The number of alkyl carbamates (subject to hydrolysis) is 1. The van der Waals surface area contributed by atoms with Crippen molar-refractivity contribution in [3.63, 3.8) is 0 Å². The average Bonchev–Trinajstić information content (AvgIpc) is 4.08. The fourth-order valence-electron chi connectivity index (χ4n) is 9.15. The molecule has 1 saturated heterocycles. The molecular formula is C36H44F2N6O9S. The van der Waals surface area contributed by atoms with Gasteiger partial charge in [-0.05, 0) is 74.3 Å². The lowest BCUT2D eigenvalue weighted by molar-refractivity contribution is -0.139. The summed E-state index contributed by atoms with van der Waals surface area (Å²) in [4.78, 5) is 73.5. The van der Waals surface area contributed by atoms with Crippen molar-refractivity contribution in [2.75, 3.05) is 13.1 Å². The molecule has 0 spiro atoms. The number of alkyl halides is 2. The number of hydrogen-bond donors (Lipinski definition) is 3. The zero-order valence-corrected chi connectivity index (χ0v) is 30.6. The molecule has 2 aliphatic heterocycles. The topological polar surface area (TPSA) is 195 Å². The summed E-state index contributed by atoms with van der Waals surface area (Å²) in [7, 11) is -4.13. The number of rotatable bonds is 6. The summed E-state index contributed by atoms with van der Waals surface area (Å²) in [6, 6.07) is 5.43. The van der Waals surface area contributed by atoms with Gasteiger partial charge in [-0.3, -0.25) is 28.5 Å². The predicted molar refractivity (Wildman–Crippen MR) is 187 cm³/mol. The van der Waals surface area contributed by atoms with E-state index in [0.29, 0.717) is 47.9 Å². The zero-order chi connectivity index (χ0) is 38.1. The molecule has 4 aliphatic carbocycles. The van der Waals surface area contributed by atoms with E-state index >= 15 is 0 Å². The summed E-state index contributed by atoms with van der Waals surface area (Å²) >= 11 is 0. The third kappa shape index (κ3) is 6.78. The second-order valence-corrected chi connectivity index (χ2v) is 17.8. The number of carbonyl (C=O) groups is 4. The molecule has 2 bridgehead atoms. The maximum absolute atomic E-state index is 14.0. The van der Waals surface area contributed by atoms with Crippen LogP contribution in [0.3, 0.4) is 0 Å². The second kappa shape index (κ2) is 13.7. The molecule has 3 heterocycles. The number of aromatic nitrogens is 2. The number of halogens is 2. The SMILES string of the molecule is CC1[C@@H]2C3CCCCCn4c(nc5ccccc5c4=O)O[C@@H]4C[C@@H](C(=O)N[C@]5(C(=O)NS(=O)(=O)C6CC6)C[C@H]5C(F)F)N(C4)C(=O)CNC(=O)O[C@@H]3C[C@H]12. The molecule has 3 N–H and O–H groups in total. The summed E-state index contributed by atoms with van der Waals surface area (Å²) in [6.07, 6.45) is -1.22. The number of sulfonamides is 1. The van der Waals surface area contributed by atoms with Crippen LogP contribution in [0.1, 0.15) is 64.7 Å². The number of para-hydroxylation sites is 1. The first-order chi connectivity index (χ1) is 25.8. The molecule has 1 aromatic carbocycles. The molecule has 4 saturated carbocycles. The fraction of sp³-hybridized carbons (Fsp3) is 0.667. The maximum Gasteiger partial charge on any atom is 0.407 e. The average molecular weight is 775 g/mol. The number of nitrogens with one attached hydrogen (secondary N) is 3. The van der Waals surface area contributed by atoms with Crippen molar-refractivity contribution in [1.82, 2.24) is 29.8 Å². The lowest BCUT2D eigenvalue weighted by Crippen LogP contribution is -2.57. The first-order valence-electron chi connectivity index (χ1n) is 18.8. The highest BCUT2D eigenvalue weighted by Crippen LogP contribution is 2.62. The molecule has 292 valence electrons. The van der Waals surface area contributed by atoms with Gasteiger partial charge in [-0.15, -0.1) is 0 Å². The van der Waals surface area contributed by atoms with Crippen molar-refractivity contribution in [3.05, 3.63) is 34.6 Å². The summed E-state index contributed by atoms with van der Waals surface area (Å²) < 4.78 is 68.6. The number of benzene rings is 1. The monoisotopic (exact) mass is 774 g/mol. The Morgan fingerprint density at radius 1 is 1.04 bits per heavy atom. The Morgan fingerprint density at radius 3 is 2.56 bits per heavy atom. The van der Waals surface area contributed by atoms with E-state index in [1.807, 2.05) is 4.72 Å². The second-order valence-electron chi connectivity index (χ2n) is 15.8. The highest BCUT2D eigenvalue weighted by atomic mass is 32.2. The van der Waals surface area contributed by atoms with E-state index in [-0.39, 0.29) is 43.1 Å². The summed E-state index contributed by atoms with van der Waals surface area (Å²) in [6.45, 7) is 1.72. The Hall–Kier alpha value is -4.35. The number of fused-ring (bicyclic) bond motifs is 7. The van der Waals surface area contributed by atoms with Crippen molar-refractivity contribution in [2.24, 2.45) is 29.6 Å². The van der Waals surface area contributed by atoms with Crippen molar-refractivity contribution < 1.29 is 45.9 Å². The van der Waals surface area contributed by atoms with Gasteiger partial charge in [0.1, 0.15) is 30.3 Å². The van der Waals surface area contributed by atoms with Crippen molar-refractivity contribution >= 4 is 44.7 Å². The minimum atomic E-state index is -4.13. The Balaban J connectivity index is 1.08. The molecule has 6 aliphatic rings. The number of nitrogens with zero attached hydrogens (tertiary/aromatic N) is 3. The highest BCUT2D eigenvalue weighted by molar-refractivity contribution is 7.91. The smallest absolute Gasteiger partial charge is 0.407 e. The van der Waals surface area contributed by atoms with Gasteiger partial charge in [-0.1, -0.05) is 31.9 Å². The van der Waals surface area contributed by atoms with Crippen LogP contribution in [0.15, 0.2) is 29.1 Å². The number of ether oxygens (including phenoxy) is 2. The van der Waals surface area contributed by atoms with Gasteiger partial charge in [0.15, 0.2) is 0 Å². The fourth-order valence-corrected chi connectivity index (χ4v) is 10.5. The van der Waals surface area contributed by atoms with Crippen LogP contribution in [0.4, 0.5) is 13.6 Å². The maximum atomic E-state index is 14.0. The molecule has 2 unspecified atom stereocenters. The van der Waals surface area contributed by atoms with E-state index < -0.39 is 82.1 Å². The van der Waals surface area contributed by atoms with Crippen LogP contribution in [-0.4, -0.2) is 95.2 Å². The highest BCUT2D eigenvalue weighted by Gasteiger charge is 2.67. The molecule has 4 amide bonds. The first-order valence-corrected chi connectivity index (χ1v) is 20.4. The Kier molecular flexibility index (Phi) is 9.32. The molecule has 18 heteroatoms. The molecule has 54 heavy (non-hydrogen) atoms. The van der Waals surface area contributed by atoms with Gasteiger partial charge >= 0.3 is 6.09 Å². The molecule has 2 aromatic rings. The molecule has 5 fully saturated rings. The van der Waals surface area contributed by atoms with E-state index in [1.54, 1.807) is 24.3 Å². The standard InChI is InChI=1S/C36H44F2N6O9S/c1-18-23-14-27-22(29(18)23)8-3-2-6-12-43-32(47)21-7-4-5-9-25(21)40-34(43)52-19-13-26(44(17-19)28(45)16-39-35(49)53-27)31(46)41-36(15-24(36)30(37)38)33(48)42-54(50,51)20-10-11-20/h4-5,7,9,18-20,22-24,26-27,29-30H,2-3,6,8,10-17H2,1H3,(H,39,49)(H,41,46)(H,42,48)/t18?,19-,22?,23-,24+,26+,27-,29-,36-/m1/s1. The lowest BCUT2D eigenvalue weighted by atomic mass is 9.91. The largest absolute Gasteiger partial charge is 0.459 e. The molecule has 0 radical (unpaired) electrons. The Labute approximate surface area is 309 Å². The van der Waals surface area contributed by atoms with Gasteiger partial charge in [0.25, 0.3) is 17.5 Å². The van der Waals surface area contributed by atoms with Crippen LogP contribution in [0.5, 0.6) is 6.01 Å². The molecule has 8 rings (SSSR count). The van der Waals surface area contributed by atoms with Crippen LogP contribution in [0.25, 0.3) is 10.9 Å². The molecular weight excluding hydrogens is 730 g/mol. The van der Waals surface area contributed by atoms with Gasteiger partial charge in [0, 0.05) is 13.0 Å². The number of amides is 4. The summed E-state index contributed by atoms with van der Waals surface area (Å²) in [5, 5.41) is 4.46. The van der Waals surface area contributed by atoms with E-state index in [0.717, 1.165) is 30.6 Å². The Bertz CT molecular complexity index is 2050. The van der Waals surface area contributed by atoms with E-state index in [1.165, 1.54) is 4.57 Å². The number of carbonyl (C=O) groups excluding carboxylic acids is 4. The first kappa shape index (κ1) is 36.6. The van der Waals surface area contributed by atoms with Crippen LogP contribution in [-0.2, 0) is 35.7 Å². The molecule has 15 nitrogen and oxygen atoms in total. The normalized spacial score (nSPS) is 34.0. The van der Waals surface area contributed by atoms with Crippen LogP contribution >= 0.6 is 0 Å². The lowest BCUT2D eigenvalue weighted by Gasteiger charge is -2.27. The van der Waals surface area contributed by atoms with Crippen molar-refractivity contribution in [2.45, 2.75) is 107 Å². The summed E-state index contributed by atoms with van der Waals surface area (Å²) in [5.41, 5.74) is -2.14. The minimum Gasteiger partial charge on any atom is -0.459 e. The van der Waals surface area contributed by atoms with Gasteiger partial charge in [-0.2, -0.15) is 4.98 Å². The molecule has 9 atom stereocenters. The van der Waals surface area contributed by atoms with Gasteiger partial charge < -0.3 is 25.0 Å². The number of hydrogen-bond acceptors (Lipinski definition) is 10. The van der Waals surface area contributed by atoms with E-state index in [9.17, 15) is 41.2 Å². The minimum absolute atomic E-state index is 0.00781. The van der Waals surface area contributed by atoms with Crippen molar-refractivity contribution in [1.29, 1.82) is 0 Å². The Morgan fingerprint density at radius 2 is 1.81 bits per heavy atom. The van der Waals surface area contributed by atoms with E-state index in [4.69, 9.17) is 9.47 Å². The van der Waals surface area contributed by atoms with Crippen molar-refractivity contribution in [3.8, 4) is 6.01 Å². The van der Waals surface area contributed by atoms with Crippen LogP contribution in [0.2, 0.25) is 0 Å². The van der Waals surface area contributed by atoms with E-state index in [2.05, 4.69) is 22.5 Å².